The fourth-order valence-electron chi connectivity index (χ4n) is 3.74. The van der Waals surface area contributed by atoms with Gasteiger partial charge in [0, 0.05) is 18.0 Å². The topological polar surface area (TPSA) is 53.0 Å². The molecule has 3 aromatic carbocycles. The Bertz CT molecular complexity index is 1050. The molecule has 6 heteroatoms. The summed E-state index contributed by atoms with van der Waals surface area (Å²) < 4.78 is 5.27. The predicted molar refractivity (Wildman–Crippen MR) is 122 cm³/mol. The van der Waals surface area contributed by atoms with Crippen LogP contribution in [0.25, 0.3) is 10.8 Å². The second-order valence-electron chi connectivity index (χ2n) is 7.68. The summed E-state index contributed by atoms with van der Waals surface area (Å²) >= 11 is 1.56. The van der Waals surface area contributed by atoms with Gasteiger partial charge >= 0.3 is 0 Å². The largest absolute Gasteiger partial charge is 0.497 e. The summed E-state index contributed by atoms with van der Waals surface area (Å²) in [5, 5.41) is 12.9. The molecule has 0 spiro atoms. The van der Waals surface area contributed by atoms with Crippen molar-refractivity contribution in [2.24, 2.45) is 0 Å². The molecule has 2 atom stereocenters. The van der Waals surface area contributed by atoms with Crippen LogP contribution >= 0.6 is 11.8 Å². The van der Waals surface area contributed by atoms with Crippen LogP contribution in [-0.4, -0.2) is 56.3 Å². The number of fused-ring (bicyclic) bond motifs is 3. The molecule has 5 nitrogen and oxygen atoms in total. The first-order valence-corrected chi connectivity index (χ1v) is 10.8. The maximum absolute atomic E-state index is 13.4. The first-order chi connectivity index (χ1) is 14.5. The molecule has 4 rings (SSSR count). The van der Waals surface area contributed by atoms with Gasteiger partial charge in [-0.1, -0.05) is 42.5 Å². The van der Waals surface area contributed by atoms with E-state index in [1.165, 1.54) is 0 Å². The fraction of sp³-hybridized carbons (Fsp3) is 0.292. The number of aliphatic hydroxyl groups is 1. The number of methoxy groups -OCH3 is 1. The number of benzene rings is 3. The van der Waals surface area contributed by atoms with Crippen molar-refractivity contribution in [3.63, 3.8) is 0 Å². The van der Waals surface area contributed by atoms with E-state index in [1.54, 1.807) is 23.8 Å². The number of likely N-dealkylation sites (N-methyl/N-ethyl adjacent to an activating group) is 1. The third-order valence-electron chi connectivity index (χ3n) is 5.42. The van der Waals surface area contributed by atoms with Crippen LogP contribution in [0.2, 0.25) is 0 Å². The van der Waals surface area contributed by atoms with Crippen molar-refractivity contribution in [3.8, 4) is 5.75 Å². The van der Waals surface area contributed by atoms with Crippen LogP contribution in [0.1, 0.15) is 10.8 Å². The highest BCUT2D eigenvalue weighted by Crippen LogP contribution is 2.48. The molecule has 1 N–H and O–H groups in total. The number of nitrogens with zero attached hydrogens (tertiary/aromatic N) is 2. The number of carbonyl (C=O) groups excluding carboxylic acids is 1. The van der Waals surface area contributed by atoms with Crippen LogP contribution in [0.4, 0.5) is 5.69 Å². The third kappa shape index (κ3) is 3.90. The van der Waals surface area contributed by atoms with E-state index in [0.29, 0.717) is 13.1 Å². The molecule has 0 saturated heterocycles. The Balaban J connectivity index is 1.84. The summed E-state index contributed by atoms with van der Waals surface area (Å²) in [6.45, 7) is 1.23. The first kappa shape index (κ1) is 20.7. The van der Waals surface area contributed by atoms with Crippen molar-refractivity contribution in [2.75, 3.05) is 39.2 Å². The number of ether oxygens (including phenoxy) is 1. The number of rotatable bonds is 5. The number of aliphatic hydroxyl groups excluding tert-OH is 1. The van der Waals surface area contributed by atoms with Gasteiger partial charge in [-0.25, -0.2) is 0 Å². The standard InChI is InChI=1S/C24H26N2O3S/c1-25(2)14-15-26-20-13-10-16-6-4-5-7-19(16)23(20)30-22(21(27)24(26)28)17-8-11-18(29-3)12-9-17/h4-13,21-22,27H,14-15H2,1-3H3/t21-,22+/m1/s1. The Labute approximate surface area is 181 Å². The van der Waals surface area contributed by atoms with Crippen LogP contribution in [0.5, 0.6) is 5.75 Å². The number of hydrogen-bond acceptors (Lipinski definition) is 5. The number of thioether (sulfide) groups is 1. The molecule has 156 valence electrons. The fourth-order valence-corrected chi connectivity index (χ4v) is 5.15. The number of carbonyl (C=O) groups is 1. The van der Waals surface area contributed by atoms with Crippen LogP contribution < -0.4 is 9.64 Å². The van der Waals surface area contributed by atoms with Crippen LogP contribution in [0.3, 0.4) is 0 Å². The lowest BCUT2D eigenvalue weighted by Crippen LogP contribution is -2.43. The van der Waals surface area contributed by atoms with Crippen LogP contribution in [0.15, 0.2) is 65.6 Å². The smallest absolute Gasteiger partial charge is 0.257 e. The second kappa shape index (κ2) is 8.68. The molecule has 0 aliphatic carbocycles. The van der Waals surface area contributed by atoms with Gasteiger partial charge in [0.25, 0.3) is 5.91 Å². The van der Waals surface area contributed by atoms with Gasteiger partial charge in [-0.15, -0.1) is 11.8 Å². The zero-order chi connectivity index (χ0) is 21.3. The van der Waals surface area contributed by atoms with Gasteiger partial charge in [0.2, 0.25) is 0 Å². The lowest BCUT2D eigenvalue weighted by molar-refractivity contribution is -0.126. The summed E-state index contributed by atoms with van der Waals surface area (Å²) in [5.74, 6) is 0.482. The lowest BCUT2D eigenvalue weighted by Gasteiger charge is -2.26. The van der Waals surface area contributed by atoms with Crippen molar-refractivity contribution in [1.29, 1.82) is 0 Å². The van der Waals surface area contributed by atoms with Crippen molar-refractivity contribution in [3.05, 3.63) is 66.2 Å². The molecule has 30 heavy (non-hydrogen) atoms. The van der Waals surface area contributed by atoms with Gasteiger partial charge < -0.3 is 19.6 Å². The Kier molecular flexibility index (Phi) is 5.99. The summed E-state index contributed by atoms with van der Waals surface area (Å²) in [5.41, 5.74) is 1.76. The quantitative estimate of drug-likeness (QED) is 0.675. The summed E-state index contributed by atoms with van der Waals surface area (Å²) in [6, 6.07) is 19.8. The SMILES string of the molecule is COc1ccc([C@@H]2Sc3c(ccc4ccccc34)N(CCN(C)C)C(=O)[C@@H]2O)cc1. The lowest BCUT2D eigenvalue weighted by atomic mass is 10.1. The second-order valence-corrected chi connectivity index (χ2v) is 8.84. The number of anilines is 1. The summed E-state index contributed by atoms with van der Waals surface area (Å²) in [6.07, 6.45) is -1.14. The van der Waals surface area contributed by atoms with E-state index >= 15 is 0 Å². The van der Waals surface area contributed by atoms with Crippen molar-refractivity contribution in [1.82, 2.24) is 4.90 Å². The minimum absolute atomic E-state index is 0.265. The van der Waals surface area contributed by atoms with E-state index < -0.39 is 11.4 Å². The maximum Gasteiger partial charge on any atom is 0.257 e. The van der Waals surface area contributed by atoms with Crippen molar-refractivity contribution >= 4 is 34.1 Å². The van der Waals surface area contributed by atoms with Crippen molar-refractivity contribution in [2.45, 2.75) is 16.2 Å². The molecule has 0 bridgehead atoms. The molecule has 0 radical (unpaired) electrons. The molecule has 1 aliphatic rings. The monoisotopic (exact) mass is 422 g/mol. The highest BCUT2D eigenvalue weighted by atomic mass is 32.2. The Morgan fingerprint density at radius 2 is 1.80 bits per heavy atom. The molecule has 0 saturated carbocycles. The van der Waals surface area contributed by atoms with Crippen LogP contribution in [-0.2, 0) is 4.79 Å². The van der Waals surface area contributed by atoms with E-state index in [2.05, 4.69) is 12.1 Å². The molecular formula is C24H26N2O3S. The molecular weight excluding hydrogens is 396 g/mol. The molecule has 3 aromatic rings. The average Bonchev–Trinajstić information content (AvgIpc) is 2.87. The Morgan fingerprint density at radius 3 is 2.50 bits per heavy atom. The zero-order valence-corrected chi connectivity index (χ0v) is 18.2. The summed E-state index contributed by atoms with van der Waals surface area (Å²) in [7, 11) is 5.59. The van der Waals surface area contributed by atoms with E-state index in [9.17, 15) is 9.90 Å². The third-order valence-corrected chi connectivity index (χ3v) is 6.86. The predicted octanol–water partition coefficient (Wildman–Crippen LogP) is 3.95. The minimum Gasteiger partial charge on any atom is -0.497 e. The molecule has 1 heterocycles. The Morgan fingerprint density at radius 1 is 1.07 bits per heavy atom. The molecule has 1 aliphatic heterocycles. The van der Waals surface area contributed by atoms with Crippen molar-refractivity contribution < 1.29 is 14.6 Å². The average molecular weight is 423 g/mol. The first-order valence-electron chi connectivity index (χ1n) is 9.96. The van der Waals surface area contributed by atoms with Gasteiger partial charge in [0.1, 0.15) is 11.9 Å². The molecule has 0 aromatic heterocycles. The molecule has 1 amide bonds. The van der Waals surface area contributed by atoms with Gasteiger partial charge in [-0.3, -0.25) is 4.79 Å². The van der Waals surface area contributed by atoms with Crippen LogP contribution in [0, 0.1) is 0 Å². The minimum atomic E-state index is -1.14. The van der Waals surface area contributed by atoms with Gasteiger partial charge in [-0.2, -0.15) is 0 Å². The highest BCUT2D eigenvalue weighted by molar-refractivity contribution is 8.00. The van der Waals surface area contributed by atoms with E-state index in [4.69, 9.17) is 4.74 Å². The normalized spacial score (nSPS) is 19.1. The molecule has 0 unspecified atom stereocenters. The van der Waals surface area contributed by atoms with Gasteiger partial charge in [0.05, 0.1) is 18.0 Å². The van der Waals surface area contributed by atoms with E-state index in [0.717, 1.165) is 32.7 Å². The van der Waals surface area contributed by atoms with Gasteiger partial charge in [-0.05, 0) is 48.6 Å². The number of amides is 1. The summed E-state index contributed by atoms with van der Waals surface area (Å²) in [4.78, 5) is 18.2. The maximum atomic E-state index is 13.4. The number of hydrogen-bond donors (Lipinski definition) is 1. The van der Waals surface area contributed by atoms with Gasteiger partial charge in [0.15, 0.2) is 0 Å². The highest BCUT2D eigenvalue weighted by Gasteiger charge is 2.37. The Hall–Kier alpha value is -2.54. The van der Waals surface area contributed by atoms with E-state index in [1.807, 2.05) is 67.5 Å². The van der Waals surface area contributed by atoms with E-state index in [-0.39, 0.29) is 5.91 Å². The molecule has 0 fully saturated rings. The zero-order valence-electron chi connectivity index (χ0n) is 17.4.